The maximum absolute atomic E-state index is 12.2. The zero-order chi connectivity index (χ0) is 31.6. The minimum atomic E-state index is -2.75. The van der Waals surface area contributed by atoms with Crippen molar-refractivity contribution < 1.29 is 39.5 Å². The van der Waals surface area contributed by atoms with Crippen molar-refractivity contribution in [3.05, 3.63) is 82.4 Å². The van der Waals surface area contributed by atoms with Gasteiger partial charge in [0.05, 0.1) is 12.9 Å². The highest BCUT2D eigenvalue weighted by Gasteiger charge is 2.58. The van der Waals surface area contributed by atoms with Crippen molar-refractivity contribution in [2.75, 3.05) is 11.9 Å². The predicted molar refractivity (Wildman–Crippen MR) is 157 cm³/mol. The number of aliphatic hydroxyl groups excluding tert-OH is 1. The molecule has 2 aromatic heterocycles. The summed E-state index contributed by atoms with van der Waals surface area (Å²) in [6.45, 7) is -0.473. The summed E-state index contributed by atoms with van der Waals surface area (Å²) in [5.74, 6) is -1.21. The number of ether oxygens (including phenoxy) is 2. The topological polar surface area (TPSA) is 189 Å². The van der Waals surface area contributed by atoms with Crippen LogP contribution >= 0.6 is 23.2 Å². The van der Waals surface area contributed by atoms with Crippen molar-refractivity contribution in [1.29, 1.82) is 0 Å². The molecule has 228 valence electrons. The summed E-state index contributed by atoms with van der Waals surface area (Å²) in [7, 11) is 0. The number of benzene rings is 2. The Hall–Kier alpha value is -4.29. The monoisotopic (exact) mass is 641 g/mol. The van der Waals surface area contributed by atoms with Crippen molar-refractivity contribution in [2.45, 2.75) is 42.6 Å². The summed E-state index contributed by atoms with van der Waals surface area (Å²) in [4.78, 5) is 37.2. The summed E-state index contributed by atoms with van der Waals surface area (Å²) >= 11 is 12.2. The summed E-state index contributed by atoms with van der Waals surface area (Å²) in [6.07, 6.45) is 1.53. The second-order valence-electron chi connectivity index (χ2n) is 9.99. The lowest BCUT2D eigenvalue weighted by molar-refractivity contribution is -0.191. The van der Waals surface area contributed by atoms with Gasteiger partial charge in [-0.1, -0.05) is 60.0 Å². The molecular weight excluding hydrogens is 617 g/mol. The molecule has 0 radical (unpaired) electrons. The van der Waals surface area contributed by atoms with Gasteiger partial charge in [0.15, 0.2) is 28.8 Å². The summed E-state index contributed by atoms with van der Waals surface area (Å²) in [5.41, 5.74) is -3.56. The van der Waals surface area contributed by atoms with Crippen LogP contribution in [-0.2, 0) is 32.0 Å². The number of aromatic nitrogens is 4. The first-order chi connectivity index (χ1) is 21.0. The number of halogens is 2. The van der Waals surface area contributed by atoms with Crippen LogP contribution in [0.5, 0.6) is 0 Å². The second kappa shape index (κ2) is 12.4. The van der Waals surface area contributed by atoms with Crippen molar-refractivity contribution in [1.82, 2.24) is 19.5 Å². The van der Waals surface area contributed by atoms with Crippen LogP contribution in [0.4, 0.5) is 5.82 Å². The summed E-state index contributed by atoms with van der Waals surface area (Å²) < 4.78 is 12.6. The standard InChI is InChI=1S/C29H25Cl2N5O8/c1-2-28(42)19(14-43-29(25(38)39,26(40)41)12-16-6-4-3-5-7-16)44-24(21(28)37)36-15-33-20-22(34-27(31)35-23(20)36)32-13-17-8-10-18(30)11-9-17/h1,3-11,15,19,21,24,37,42H,12-14H2,(H,38,39)(H,40,41)(H,32,34,35)/t19-,21+,24-,28-/m1/s1. The SMILES string of the molecule is C#C[C@@]1(O)[C@@H](COC(Cc2ccccc2)(C(=O)O)C(=O)O)O[C@@H](n2cnc3c(NCc4ccc(Cl)cc4)nc(Cl)nc32)[C@@H]1O. The number of hydrogen-bond donors (Lipinski definition) is 5. The third-order valence-corrected chi connectivity index (χ3v) is 7.68. The maximum atomic E-state index is 12.2. The van der Waals surface area contributed by atoms with Gasteiger partial charge in [-0.05, 0) is 34.9 Å². The second-order valence-corrected chi connectivity index (χ2v) is 10.8. The average molecular weight is 642 g/mol. The van der Waals surface area contributed by atoms with E-state index in [0.717, 1.165) is 5.56 Å². The van der Waals surface area contributed by atoms with Crippen LogP contribution in [0.3, 0.4) is 0 Å². The van der Waals surface area contributed by atoms with E-state index >= 15 is 0 Å². The number of aliphatic hydroxyl groups is 2. The molecule has 1 aliphatic rings. The van der Waals surface area contributed by atoms with Gasteiger partial charge in [0, 0.05) is 18.0 Å². The maximum Gasteiger partial charge on any atom is 0.348 e. The smallest absolute Gasteiger partial charge is 0.348 e. The molecule has 44 heavy (non-hydrogen) atoms. The van der Waals surface area contributed by atoms with Crippen LogP contribution in [0.25, 0.3) is 11.2 Å². The number of nitrogens with one attached hydrogen (secondary N) is 1. The third kappa shape index (κ3) is 5.79. The first-order valence-electron chi connectivity index (χ1n) is 13.0. The number of carbonyl (C=O) groups is 2. The average Bonchev–Trinajstić information content (AvgIpc) is 3.53. The van der Waals surface area contributed by atoms with Gasteiger partial charge in [-0.2, -0.15) is 9.97 Å². The Balaban J connectivity index is 1.42. The number of imidazole rings is 1. The van der Waals surface area contributed by atoms with Crippen molar-refractivity contribution in [3.8, 4) is 12.3 Å². The zero-order valence-corrected chi connectivity index (χ0v) is 24.2. The Morgan fingerprint density at radius 2 is 1.77 bits per heavy atom. The molecule has 0 saturated carbocycles. The quantitative estimate of drug-likeness (QED) is 0.0915. The molecule has 0 amide bonds. The molecule has 1 fully saturated rings. The molecule has 4 aromatic rings. The first-order valence-corrected chi connectivity index (χ1v) is 13.8. The van der Waals surface area contributed by atoms with Crippen molar-refractivity contribution in [3.63, 3.8) is 0 Å². The highest BCUT2D eigenvalue weighted by Crippen LogP contribution is 2.39. The predicted octanol–water partition coefficient (Wildman–Crippen LogP) is 2.54. The van der Waals surface area contributed by atoms with E-state index in [-0.39, 0.29) is 22.3 Å². The van der Waals surface area contributed by atoms with Crippen LogP contribution in [0, 0.1) is 12.3 Å². The highest BCUT2D eigenvalue weighted by atomic mass is 35.5. The molecule has 5 rings (SSSR count). The Morgan fingerprint density at radius 3 is 2.41 bits per heavy atom. The minimum absolute atomic E-state index is 0.114. The minimum Gasteiger partial charge on any atom is -0.479 e. The molecular formula is C29H25Cl2N5O8. The molecule has 13 nitrogen and oxygen atoms in total. The van der Waals surface area contributed by atoms with Gasteiger partial charge in [-0.3, -0.25) is 4.57 Å². The van der Waals surface area contributed by atoms with Gasteiger partial charge in [0.25, 0.3) is 5.60 Å². The highest BCUT2D eigenvalue weighted by molar-refractivity contribution is 6.30. The van der Waals surface area contributed by atoms with Crippen LogP contribution < -0.4 is 5.32 Å². The normalized spacial score (nSPS) is 21.7. The number of terminal acetylenes is 1. The zero-order valence-electron chi connectivity index (χ0n) is 22.7. The largest absolute Gasteiger partial charge is 0.479 e. The van der Waals surface area contributed by atoms with Crippen LogP contribution in [0.15, 0.2) is 60.9 Å². The van der Waals surface area contributed by atoms with E-state index in [2.05, 4.69) is 26.2 Å². The Labute approximate surface area is 260 Å². The van der Waals surface area contributed by atoms with E-state index in [4.69, 9.17) is 39.1 Å². The Morgan fingerprint density at radius 1 is 1.09 bits per heavy atom. The van der Waals surface area contributed by atoms with E-state index in [9.17, 15) is 30.0 Å². The lowest BCUT2D eigenvalue weighted by atomic mass is 9.92. The summed E-state index contributed by atoms with van der Waals surface area (Å²) in [5, 5.41) is 45.8. The number of fused-ring (bicyclic) bond motifs is 1. The molecule has 0 bridgehead atoms. The van der Waals surface area contributed by atoms with E-state index in [0.29, 0.717) is 17.1 Å². The van der Waals surface area contributed by atoms with E-state index in [1.807, 2.05) is 12.1 Å². The molecule has 4 atom stereocenters. The van der Waals surface area contributed by atoms with Crippen molar-refractivity contribution in [2.24, 2.45) is 0 Å². The fourth-order valence-corrected chi connectivity index (χ4v) is 5.11. The van der Waals surface area contributed by atoms with Crippen LogP contribution in [0.1, 0.15) is 17.4 Å². The molecule has 0 spiro atoms. The molecule has 1 aliphatic heterocycles. The van der Waals surface area contributed by atoms with E-state index in [1.165, 1.54) is 10.9 Å². The van der Waals surface area contributed by atoms with Gasteiger partial charge in [-0.15, -0.1) is 6.42 Å². The lowest BCUT2D eigenvalue weighted by Gasteiger charge is -2.30. The number of rotatable bonds is 11. The summed E-state index contributed by atoms with van der Waals surface area (Å²) in [6, 6.07) is 15.1. The van der Waals surface area contributed by atoms with Crippen LogP contribution in [-0.4, -0.2) is 81.9 Å². The lowest BCUT2D eigenvalue weighted by Crippen LogP contribution is -2.55. The van der Waals surface area contributed by atoms with Crippen molar-refractivity contribution >= 4 is 52.1 Å². The van der Waals surface area contributed by atoms with E-state index in [1.54, 1.807) is 42.5 Å². The Bertz CT molecular complexity index is 1720. The van der Waals surface area contributed by atoms with Gasteiger partial charge < -0.3 is 35.2 Å². The molecule has 0 unspecified atom stereocenters. The molecule has 1 saturated heterocycles. The van der Waals surface area contributed by atoms with E-state index < -0.39 is 54.6 Å². The number of anilines is 1. The number of aliphatic carboxylic acids is 2. The number of nitrogens with zero attached hydrogens (tertiary/aromatic N) is 4. The molecule has 3 heterocycles. The molecule has 0 aliphatic carbocycles. The fourth-order valence-electron chi connectivity index (χ4n) is 4.82. The molecule has 2 aromatic carbocycles. The first kappa shape index (κ1) is 31.1. The van der Waals surface area contributed by atoms with Gasteiger partial charge >= 0.3 is 11.9 Å². The number of carboxylic acids is 2. The molecule has 5 N–H and O–H groups in total. The molecule has 15 heteroatoms. The van der Waals surface area contributed by atoms with Gasteiger partial charge in [0.2, 0.25) is 5.28 Å². The van der Waals surface area contributed by atoms with Crippen LogP contribution in [0.2, 0.25) is 10.3 Å². The van der Waals surface area contributed by atoms with Gasteiger partial charge in [0.1, 0.15) is 12.2 Å². The third-order valence-electron chi connectivity index (χ3n) is 7.26. The van der Waals surface area contributed by atoms with Gasteiger partial charge in [-0.25, -0.2) is 14.6 Å². The number of hydrogen-bond acceptors (Lipinski definition) is 10. The fraction of sp³-hybridized carbons (Fsp3) is 0.276. The Kier molecular flexibility index (Phi) is 8.76. The number of carboxylic acid groups (broad SMARTS) is 2.